The van der Waals surface area contributed by atoms with E-state index in [1.165, 1.54) is 4.80 Å². The number of fused-ring (bicyclic) bond motifs is 2. The van der Waals surface area contributed by atoms with Crippen LogP contribution in [0.5, 0.6) is 6.01 Å². The van der Waals surface area contributed by atoms with Gasteiger partial charge >= 0.3 is 12.2 Å². The molecule has 1 amide bonds. The third kappa shape index (κ3) is 3.57. The second kappa shape index (κ2) is 7.57. The number of benzene rings is 1. The van der Waals surface area contributed by atoms with E-state index in [0.29, 0.717) is 30.1 Å². The summed E-state index contributed by atoms with van der Waals surface area (Å²) in [6.07, 6.45) is 1.75. The fourth-order valence-electron chi connectivity index (χ4n) is 4.50. The summed E-state index contributed by atoms with van der Waals surface area (Å²) in [7, 11) is 0. The van der Waals surface area contributed by atoms with Crippen LogP contribution in [0.2, 0.25) is 0 Å². The maximum Gasteiger partial charge on any atom is 0.419 e. The Balaban J connectivity index is 1.37. The number of hydrogen-bond donors (Lipinski definition) is 0. The van der Waals surface area contributed by atoms with Crippen molar-refractivity contribution in [2.45, 2.75) is 50.6 Å². The minimum absolute atomic E-state index is 0.0216. The Morgan fingerprint density at radius 2 is 1.84 bits per heavy atom. The summed E-state index contributed by atoms with van der Waals surface area (Å²) in [5.74, 6) is -0.149. The molecule has 1 aromatic carbocycles. The van der Waals surface area contributed by atoms with Crippen molar-refractivity contribution >= 4 is 5.91 Å². The molecule has 0 N–H and O–H groups in total. The first-order valence-corrected chi connectivity index (χ1v) is 10.2. The molecule has 0 unspecified atom stereocenters. The third-order valence-corrected chi connectivity index (χ3v) is 5.94. The molecule has 11 heteroatoms. The molecule has 0 saturated carbocycles. The first-order chi connectivity index (χ1) is 15.3. The number of carbonyl (C=O) groups excluding carboxylic acids is 1. The van der Waals surface area contributed by atoms with E-state index in [2.05, 4.69) is 20.2 Å². The van der Waals surface area contributed by atoms with Gasteiger partial charge in [0.2, 0.25) is 0 Å². The van der Waals surface area contributed by atoms with E-state index in [4.69, 9.17) is 4.74 Å². The van der Waals surface area contributed by atoms with E-state index in [1.807, 2.05) is 24.0 Å². The lowest BCUT2D eigenvalue weighted by Gasteiger charge is -2.25. The van der Waals surface area contributed by atoms with Crippen molar-refractivity contribution in [1.29, 1.82) is 0 Å². The molecule has 8 nitrogen and oxygen atoms in total. The molecule has 2 fully saturated rings. The molecule has 2 aliphatic heterocycles. The summed E-state index contributed by atoms with van der Waals surface area (Å²) in [4.78, 5) is 24.2. The van der Waals surface area contributed by atoms with Crippen LogP contribution in [0.25, 0.3) is 5.69 Å². The van der Waals surface area contributed by atoms with Gasteiger partial charge in [-0.2, -0.15) is 28.2 Å². The molecule has 2 bridgehead atoms. The van der Waals surface area contributed by atoms with Gasteiger partial charge in [0.25, 0.3) is 5.91 Å². The van der Waals surface area contributed by atoms with E-state index < -0.39 is 11.7 Å². The molecule has 2 aliphatic rings. The maximum atomic E-state index is 13.5. The molecule has 2 saturated heterocycles. The SMILES string of the molecule is Cc1ccc(C(=O)N2[C@@H]3CC[C@H]2[C@H](Oc2ncc(C(F)(F)F)cn2)C3)c(-n2nccn2)c1. The molecule has 3 aromatic rings. The number of hydrogen-bond acceptors (Lipinski definition) is 6. The number of aryl methyl sites for hydroxylation is 1. The second-order valence-corrected chi connectivity index (χ2v) is 7.99. The summed E-state index contributed by atoms with van der Waals surface area (Å²) in [5.41, 5.74) is 1.11. The van der Waals surface area contributed by atoms with Gasteiger partial charge in [0, 0.05) is 24.9 Å². The molecule has 0 spiro atoms. The molecule has 32 heavy (non-hydrogen) atoms. The van der Waals surface area contributed by atoms with Crippen LogP contribution in [0.4, 0.5) is 13.2 Å². The first kappa shape index (κ1) is 20.4. The average Bonchev–Trinajstić information content (AvgIpc) is 3.49. The lowest BCUT2D eigenvalue weighted by atomic mass is 9.98. The van der Waals surface area contributed by atoms with Crippen molar-refractivity contribution in [2.75, 3.05) is 0 Å². The van der Waals surface area contributed by atoms with Crippen LogP contribution in [0.15, 0.2) is 43.0 Å². The quantitative estimate of drug-likeness (QED) is 0.614. The molecular weight excluding hydrogens is 425 g/mol. The van der Waals surface area contributed by atoms with Crippen molar-refractivity contribution in [3.05, 3.63) is 59.7 Å². The molecule has 0 radical (unpaired) electrons. The Morgan fingerprint density at radius 3 is 2.53 bits per heavy atom. The van der Waals surface area contributed by atoms with Gasteiger partial charge in [-0.15, -0.1) is 0 Å². The predicted octanol–water partition coefficient (Wildman–Crippen LogP) is 3.21. The maximum absolute atomic E-state index is 13.5. The number of carbonyl (C=O) groups is 1. The Hall–Kier alpha value is -3.50. The van der Waals surface area contributed by atoms with E-state index >= 15 is 0 Å². The average molecular weight is 444 g/mol. The highest BCUT2D eigenvalue weighted by molar-refractivity contribution is 5.98. The summed E-state index contributed by atoms with van der Waals surface area (Å²) in [5, 5.41) is 8.32. The fraction of sp³-hybridized carbons (Fsp3) is 0.381. The van der Waals surface area contributed by atoms with Crippen LogP contribution in [0, 0.1) is 6.92 Å². The lowest BCUT2D eigenvalue weighted by molar-refractivity contribution is -0.138. The van der Waals surface area contributed by atoms with Crippen LogP contribution in [0.1, 0.15) is 40.7 Å². The van der Waals surface area contributed by atoms with Gasteiger partial charge in [0.05, 0.1) is 35.2 Å². The highest BCUT2D eigenvalue weighted by Crippen LogP contribution is 2.41. The third-order valence-electron chi connectivity index (χ3n) is 5.94. The molecule has 4 heterocycles. The summed E-state index contributed by atoms with van der Waals surface area (Å²) in [6, 6.07) is 5.13. The summed E-state index contributed by atoms with van der Waals surface area (Å²) in [6.45, 7) is 1.93. The topological polar surface area (TPSA) is 86.0 Å². The molecule has 0 aliphatic carbocycles. The van der Waals surface area contributed by atoms with E-state index in [1.54, 1.807) is 18.5 Å². The number of amides is 1. The number of nitrogens with zero attached hydrogens (tertiary/aromatic N) is 6. The highest BCUT2D eigenvalue weighted by Gasteiger charge is 2.50. The van der Waals surface area contributed by atoms with Crippen molar-refractivity contribution in [2.24, 2.45) is 0 Å². The fourth-order valence-corrected chi connectivity index (χ4v) is 4.50. The molecular formula is C21H19F3N6O2. The number of halogens is 3. The van der Waals surface area contributed by atoms with Crippen molar-refractivity contribution in [3.8, 4) is 11.7 Å². The monoisotopic (exact) mass is 444 g/mol. The second-order valence-electron chi connectivity index (χ2n) is 7.99. The van der Waals surface area contributed by atoms with Crippen LogP contribution >= 0.6 is 0 Å². The van der Waals surface area contributed by atoms with E-state index in [-0.39, 0.29) is 30.1 Å². The summed E-state index contributed by atoms with van der Waals surface area (Å²) < 4.78 is 44.0. The lowest BCUT2D eigenvalue weighted by Crippen LogP contribution is -2.39. The van der Waals surface area contributed by atoms with Crippen molar-refractivity contribution in [1.82, 2.24) is 29.9 Å². The Labute approximate surface area is 181 Å². The van der Waals surface area contributed by atoms with E-state index in [9.17, 15) is 18.0 Å². The van der Waals surface area contributed by atoms with Gasteiger partial charge < -0.3 is 9.64 Å². The smallest absolute Gasteiger partial charge is 0.419 e. The highest BCUT2D eigenvalue weighted by atomic mass is 19.4. The number of rotatable bonds is 4. The van der Waals surface area contributed by atoms with Crippen molar-refractivity contribution < 1.29 is 22.7 Å². The zero-order valence-corrected chi connectivity index (χ0v) is 17.0. The zero-order valence-electron chi connectivity index (χ0n) is 17.0. The van der Waals surface area contributed by atoms with Gasteiger partial charge in [-0.3, -0.25) is 4.79 Å². The van der Waals surface area contributed by atoms with Crippen LogP contribution in [0.3, 0.4) is 0 Å². The van der Waals surface area contributed by atoms with Gasteiger partial charge in [-0.05, 0) is 37.5 Å². The minimum atomic E-state index is -4.51. The van der Waals surface area contributed by atoms with Gasteiger partial charge in [-0.1, -0.05) is 6.07 Å². The molecule has 3 atom stereocenters. The minimum Gasteiger partial charge on any atom is -0.458 e. The Morgan fingerprint density at radius 1 is 1.12 bits per heavy atom. The number of ether oxygens (including phenoxy) is 1. The number of aromatic nitrogens is 5. The number of alkyl halides is 3. The van der Waals surface area contributed by atoms with Gasteiger partial charge in [0.15, 0.2) is 0 Å². The molecule has 2 aromatic heterocycles. The summed E-state index contributed by atoms with van der Waals surface area (Å²) >= 11 is 0. The van der Waals surface area contributed by atoms with Gasteiger partial charge in [0.1, 0.15) is 6.10 Å². The largest absolute Gasteiger partial charge is 0.458 e. The van der Waals surface area contributed by atoms with Crippen LogP contribution < -0.4 is 4.74 Å². The zero-order chi connectivity index (χ0) is 22.5. The van der Waals surface area contributed by atoms with Crippen LogP contribution in [-0.2, 0) is 6.18 Å². The molecule has 5 rings (SSSR count). The Bertz CT molecular complexity index is 1130. The molecule has 166 valence electrons. The Kier molecular flexibility index (Phi) is 4.83. The van der Waals surface area contributed by atoms with Crippen molar-refractivity contribution in [3.63, 3.8) is 0 Å². The first-order valence-electron chi connectivity index (χ1n) is 10.2. The standard InChI is InChI=1S/C21H19F3N6O2/c1-12-2-4-15(17(8-12)30-27-6-7-28-30)19(31)29-14-3-5-16(29)18(9-14)32-20-25-10-13(11-26-20)21(22,23)24/h2,4,6-8,10-11,14,16,18H,3,5,9H2,1H3/t14-,16+,18-/m1/s1. The normalized spacial score (nSPS) is 22.4. The van der Waals surface area contributed by atoms with Crippen LogP contribution in [-0.4, -0.2) is 54.0 Å². The van der Waals surface area contributed by atoms with Gasteiger partial charge in [-0.25, -0.2) is 9.97 Å². The van der Waals surface area contributed by atoms with E-state index in [0.717, 1.165) is 18.4 Å². The predicted molar refractivity (Wildman–Crippen MR) is 105 cm³/mol.